The van der Waals surface area contributed by atoms with Gasteiger partial charge in [0.25, 0.3) is 5.91 Å². The van der Waals surface area contributed by atoms with Crippen LogP contribution >= 0.6 is 0 Å². The maximum atomic E-state index is 12.3. The fourth-order valence-electron chi connectivity index (χ4n) is 2.88. The summed E-state index contributed by atoms with van der Waals surface area (Å²) in [5, 5.41) is 2.74. The molecule has 7 nitrogen and oxygen atoms in total. The average molecular weight is 430 g/mol. The zero-order valence-corrected chi connectivity index (χ0v) is 19.0. The summed E-state index contributed by atoms with van der Waals surface area (Å²) in [4.78, 5) is 24.4. The number of carbonyl (C=O) groups is 2. The normalized spacial score (nSPS) is 11.6. The summed E-state index contributed by atoms with van der Waals surface area (Å²) in [6.45, 7) is 7.60. The van der Waals surface area contributed by atoms with Crippen molar-refractivity contribution in [3.05, 3.63) is 53.1 Å². The van der Waals surface area contributed by atoms with Crippen molar-refractivity contribution in [1.29, 1.82) is 0 Å². The van der Waals surface area contributed by atoms with Gasteiger partial charge in [-0.05, 0) is 54.7 Å². The van der Waals surface area contributed by atoms with Crippen molar-refractivity contribution in [3.63, 3.8) is 0 Å². The molecular formula is C24H31NO6. The summed E-state index contributed by atoms with van der Waals surface area (Å²) in [6, 6.07) is 11.3. The van der Waals surface area contributed by atoms with Gasteiger partial charge in [0.15, 0.2) is 24.2 Å². The van der Waals surface area contributed by atoms with E-state index in [0.717, 1.165) is 16.7 Å². The first-order valence-corrected chi connectivity index (χ1v) is 10.2. The highest BCUT2D eigenvalue weighted by Gasteiger charge is 2.18. The molecule has 7 heteroatoms. The van der Waals surface area contributed by atoms with Gasteiger partial charge in [-0.1, -0.05) is 32.0 Å². The maximum absolute atomic E-state index is 12.3. The fraction of sp³-hybridized carbons (Fsp3) is 0.417. The topological polar surface area (TPSA) is 83.1 Å². The average Bonchev–Trinajstić information content (AvgIpc) is 2.76. The second kappa shape index (κ2) is 11.2. The van der Waals surface area contributed by atoms with E-state index in [1.807, 2.05) is 31.2 Å². The number of methoxy groups -OCH3 is 2. The van der Waals surface area contributed by atoms with Gasteiger partial charge in [0, 0.05) is 6.54 Å². The van der Waals surface area contributed by atoms with Crippen molar-refractivity contribution < 1.29 is 28.5 Å². The third kappa shape index (κ3) is 6.91. The Kier molecular flexibility index (Phi) is 8.73. The molecule has 1 atom stereocenters. The van der Waals surface area contributed by atoms with Gasteiger partial charge in [-0.2, -0.15) is 0 Å². The fourth-order valence-corrected chi connectivity index (χ4v) is 2.88. The number of ether oxygens (including phenoxy) is 4. The first kappa shape index (κ1) is 24.1. The van der Waals surface area contributed by atoms with E-state index in [2.05, 4.69) is 19.2 Å². The molecule has 1 amide bonds. The molecule has 31 heavy (non-hydrogen) atoms. The van der Waals surface area contributed by atoms with Crippen LogP contribution in [0.1, 0.15) is 43.4 Å². The molecule has 168 valence electrons. The Morgan fingerprint density at radius 1 is 0.935 bits per heavy atom. The van der Waals surface area contributed by atoms with E-state index >= 15 is 0 Å². The van der Waals surface area contributed by atoms with Crippen LogP contribution in [-0.4, -0.2) is 38.8 Å². The van der Waals surface area contributed by atoms with Gasteiger partial charge in [-0.25, -0.2) is 4.79 Å². The van der Waals surface area contributed by atoms with E-state index in [1.54, 1.807) is 26.4 Å². The van der Waals surface area contributed by atoms with Crippen LogP contribution in [0.4, 0.5) is 0 Å². The summed E-state index contributed by atoms with van der Waals surface area (Å²) >= 11 is 0. The molecule has 2 aromatic carbocycles. The molecule has 0 aromatic heterocycles. The molecule has 0 heterocycles. The van der Waals surface area contributed by atoms with Crippen LogP contribution < -0.4 is 19.5 Å². The minimum Gasteiger partial charge on any atom is -0.493 e. The highest BCUT2D eigenvalue weighted by Crippen LogP contribution is 2.27. The van der Waals surface area contributed by atoms with Crippen molar-refractivity contribution in [3.8, 4) is 17.2 Å². The quantitative estimate of drug-likeness (QED) is 0.579. The molecule has 0 fully saturated rings. The highest BCUT2D eigenvalue weighted by atomic mass is 16.6. The predicted molar refractivity (Wildman–Crippen MR) is 118 cm³/mol. The summed E-state index contributed by atoms with van der Waals surface area (Å²) in [5.74, 6) is 1.15. The lowest BCUT2D eigenvalue weighted by Gasteiger charge is -2.16. The van der Waals surface area contributed by atoms with E-state index in [4.69, 9.17) is 18.9 Å². The van der Waals surface area contributed by atoms with E-state index in [1.165, 1.54) is 6.92 Å². The number of hydrogen-bond acceptors (Lipinski definition) is 6. The number of nitrogens with one attached hydrogen (secondary N) is 1. The Balaban J connectivity index is 1.84. The Bertz CT molecular complexity index is 909. The Hall–Kier alpha value is -3.22. The molecule has 0 aliphatic heterocycles. The van der Waals surface area contributed by atoms with E-state index in [0.29, 0.717) is 23.2 Å². The lowest BCUT2D eigenvalue weighted by Crippen LogP contribution is -2.36. The summed E-state index contributed by atoms with van der Waals surface area (Å²) in [7, 11) is 3.10. The molecule has 0 unspecified atom stereocenters. The largest absolute Gasteiger partial charge is 0.493 e. The number of carbonyl (C=O) groups excluding carboxylic acids is 2. The van der Waals surface area contributed by atoms with E-state index in [9.17, 15) is 9.59 Å². The van der Waals surface area contributed by atoms with Crippen LogP contribution in [0.15, 0.2) is 36.4 Å². The first-order chi connectivity index (χ1) is 14.7. The molecule has 0 radical (unpaired) electrons. The highest BCUT2D eigenvalue weighted by molar-refractivity contribution is 5.83. The molecular weight excluding hydrogens is 398 g/mol. The lowest BCUT2D eigenvalue weighted by molar-refractivity contribution is -0.156. The van der Waals surface area contributed by atoms with Crippen molar-refractivity contribution >= 4 is 11.9 Å². The number of aryl methyl sites for hydroxylation is 1. The van der Waals surface area contributed by atoms with Crippen molar-refractivity contribution in [2.75, 3.05) is 20.8 Å². The predicted octanol–water partition coefficient (Wildman–Crippen LogP) is 3.76. The van der Waals surface area contributed by atoms with Crippen LogP contribution in [0.3, 0.4) is 0 Å². The van der Waals surface area contributed by atoms with Crippen LogP contribution in [0.2, 0.25) is 0 Å². The lowest BCUT2D eigenvalue weighted by atomic mass is 10.0. The molecule has 0 aliphatic carbocycles. The molecule has 2 aromatic rings. The van der Waals surface area contributed by atoms with E-state index in [-0.39, 0.29) is 13.2 Å². The SMILES string of the molecule is COc1ccc(CNC(=O)[C@H](C)OC(=O)COc2cc(C(C)C)ccc2C)cc1OC. The van der Waals surface area contributed by atoms with Crippen molar-refractivity contribution in [1.82, 2.24) is 5.32 Å². The van der Waals surface area contributed by atoms with Crippen LogP contribution in [0.5, 0.6) is 17.2 Å². The smallest absolute Gasteiger partial charge is 0.344 e. The number of rotatable bonds is 10. The number of benzene rings is 2. The zero-order chi connectivity index (χ0) is 23.0. The summed E-state index contributed by atoms with van der Waals surface area (Å²) in [5.41, 5.74) is 2.88. The first-order valence-electron chi connectivity index (χ1n) is 10.2. The molecule has 0 saturated carbocycles. The molecule has 2 rings (SSSR count). The Morgan fingerprint density at radius 2 is 1.65 bits per heavy atom. The van der Waals surface area contributed by atoms with Gasteiger partial charge in [-0.15, -0.1) is 0 Å². The van der Waals surface area contributed by atoms with Crippen molar-refractivity contribution in [2.24, 2.45) is 0 Å². The third-order valence-corrected chi connectivity index (χ3v) is 4.82. The summed E-state index contributed by atoms with van der Waals surface area (Å²) in [6.07, 6.45) is -0.945. The molecule has 1 N–H and O–H groups in total. The number of hydrogen-bond donors (Lipinski definition) is 1. The summed E-state index contributed by atoms with van der Waals surface area (Å²) < 4.78 is 21.3. The maximum Gasteiger partial charge on any atom is 0.344 e. The number of esters is 1. The second-order valence-corrected chi connectivity index (χ2v) is 7.51. The number of amides is 1. The third-order valence-electron chi connectivity index (χ3n) is 4.82. The second-order valence-electron chi connectivity index (χ2n) is 7.51. The van der Waals surface area contributed by atoms with Crippen LogP contribution in [0.25, 0.3) is 0 Å². The van der Waals surface area contributed by atoms with Crippen LogP contribution in [-0.2, 0) is 20.9 Å². The molecule has 0 bridgehead atoms. The van der Waals surface area contributed by atoms with Gasteiger partial charge in [0.05, 0.1) is 14.2 Å². The van der Waals surface area contributed by atoms with Crippen molar-refractivity contribution in [2.45, 2.75) is 46.3 Å². The van der Waals surface area contributed by atoms with Gasteiger partial charge in [0.2, 0.25) is 0 Å². The van der Waals surface area contributed by atoms with Gasteiger partial charge >= 0.3 is 5.97 Å². The van der Waals surface area contributed by atoms with Crippen LogP contribution in [0, 0.1) is 6.92 Å². The Morgan fingerprint density at radius 3 is 2.29 bits per heavy atom. The standard InChI is InChI=1S/C24H31NO6/c1-15(2)19-9-7-16(3)21(12-19)30-14-23(26)31-17(4)24(27)25-13-18-8-10-20(28-5)22(11-18)29-6/h7-12,15,17H,13-14H2,1-6H3,(H,25,27)/t17-/m0/s1. The Labute approximate surface area is 183 Å². The zero-order valence-electron chi connectivity index (χ0n) is 19.0. The molecule has 0 saturated heterocycles. The molecule has 0 spiro atoms. The minimum atomic E-state index is -0.945. The van der Waals surface area contributed by atoms with E-state index < -0.39 is 18.0 Å². The monoisotopic (exact) mass is 429 g/mol. The minimum absolute atomic E-state index is 0.263. The van der Waals surface area contributed by atoms with Gasteiger partial charge in [0.1, 0.15) is 5.75 Å². The van der Waals surface area contributed by atoms with Gasteiger partial charge < -0.3 is 24.3 Å². The molecule has 0 aliphatic rings. The van der Waals surface area contributed by atoms with Gasteiger partial charge in [-0.3, -0.25) is 4.79 Å².